The number of carbonyl (C=O) groups is 1. The molecule has 0 aliphatic rings. The summed E-state index contributed by atoms with van der Waals surface area (Å²) < 4.78 is 39.8. The summed E-state index contributed by atoms with van der Waals surface area (Å²) in [5, 5.41) is 0. The van der Waals surface area contributed by atoms with E-state index in [1.807, 2.05) is 0 Å². The second-order valence-corrected chi connectivity index (χ2v) is 3.64. The van der Waals surface area contributed by atoms with Gasteiger partial charge in [0.05, 0.1) is 5.56 Å². The van der Waals surface area contributed by atoms with E-state index < -0.39 is 23.6 Å². The lowest BCUT2D eigenvalue weighted by Gasteiger charge is -2.12. The van der Waals surface area contributed by atoms with E-state index in [9.17, 15) is 18.0 Å². The summed E-state index contributed by atoms with van der Waals surface area (Å²) in [7, 11) is 0. The van der Waals surface area contributed by atoms with E-state index >= 15 is 0 Å². The smallest absolute Gasteiger partial charge is 0.405 e. The topological polar surface area (TPSA) is 78.3 Å². The Balaban J connectivity index is 3.25. The number of amides is 1. The van der Waals surface area contributed by atoms with Crippen LogP contribution in [0, 0.1) is 0 Å². The molecule has 0 aliphatic heterocycles. The lowest BCUT2D eigenvalue weighted by Crippen LogP contribution is -2.21. The van der Waals surface area contributed by atoms with Crippen molar-refractivity contribution < 1.29 is 22.7 Å². The normalized spacial score (nSPS) is 11.2. The van der Waals surface area contributed by atoms with Crippen LogP contribution in [-0.2, 0) is 0 Å². The first-order valence-electron chi connectivity index (χ1n) is 3.85. The second-order valence-electron chi connectivity index (χ2n) is 2.78. The molecule has 1 rings (SSSR count). The van der Waals surface area contributed by atoms with E-state index in [0.717, 1.165) is 12.1 Å². The Bertz CT molecular complexity index is 434. The van der Waals surface area contributed by atoms with Crippen molar-refractivity contribution in [3.63, 3.8) is 0 Å². The summed E-state index contributed by atoms with van der Waals surface area (Å²) in [5.74, 6) is -1.75. The summed E-state index contributed by atoms with van der Waals surface area (Å²) in [6.45, 7) is 0. The summed E-state index contributed by atoms with van der Waals surface area (Å²) in [6, 6.07) is 1.94. The number of anilines is 1. The number of nitrogen functional groups attached to an aromatic ring is 1. The minimum absolute atomic E-state index is 0.0864. The predicted molar refractivity (Wildman–Crippen MR) is 53.8 cm³/mol. The summed E-state index contributed by atoms with van der Waals surface area (Å²) in [5.41, 5.74) is 9.95. The Kier molecular flexibility index (Phi) is 3.32. The number of primary amides is 1. The third-order valence-corrected chi connectivity index (χ3v) is 2.28. The van der Waals surface area contributed by atoms with Gasteiger partial charge in [-0.05, 0) is 28.1 Å². The van der Waals surface area contributed by atoms with Gasteiger partial charge in [0.2, 0.25) is 0 Å². The average Bonchev–Trinajstić information content (AvgIpc) is 2.07. The fourth-order valence-corrected chi connectivity index (χ4v) is 1.30. The Morgan fingerprint density at radius 1 is 1.38 bits per heavy atom. The van der Waals surface area contributed by atoms with Crippen molar-refractivity contribution in [1.29, 1.82) is 0 Å². The van der Waals surface area contributed by atoms with Gasteiger partial charge in [0.15, 0.2) is 0 Å². The SMILES string of the molecule is NC(=O)c1cc(N)c(Br)cc1OC(F)(F)F. The molecule has 0 bridgehead atoms. The molecule has 0 saturated carbocycles. The standard InChI is InChI=1S/C8H6BrF3N2O2/c9-4-2-6(16-8(10,11)12)3(7(14)15)1-5(4)13/h1-2H,13H2,(H2,14,15). The Morgan fingerprint density at radius 2 is 1.94 bits per heavy atom. The molecule has 88 valence electrons. The van der Waals surface area contributed by atoms with Gasteiger partial charge in [-0.3, -0.25) is 4.79 Å². The second kappa shape index (κ2) is 4.20. The monoisotopic (exact) mass is 298 g/mol. The van der Waals surface area contributed by atoms with Gasteiger partial charge in [-0.25, -0.2) is 0 Å². The number of nitrogens with two attached hydrogens (primary N) is 2. The van der Waals surface area contributed by atoms with Gasteiger partial charge in [0.1, 0.15) is 5.75 Å². The van der Waals surface area contributed by atoms with Crippen molar-refractivity contribution in [3.8, 4) is 5.75 Å². The molecule has 4 nitrogen and oxygen atoms in total. The first kappa shape index (κ1) is 12.6. The van der Waals surface area contributed by atoms with Crippen LogP contribution in [0.5, 0.6) is 5.75 Å². The lowest BCUT2D eigenvalue weighted by atomic mass is 10.1. The molecule has 1 amide bonds. The predicted octanol–water partition coefficient (Wildman–Crippen LogP) is 2.03. The van der Waals surface area contributed by atoms with Gasteiger partial charge in [-0.2, -0.15) is 0 Å². The molecule has 1 aromatic rings. The van der Waals surface area contributed by atoms with Crippen molar-refractivity contribution in [2.45, 2.75) is 6.36 Å². The first-order chi connectivity index (χ1) is 7.20. The maximum absolute atomic E-state index is 12.0. The average molecular weight is 299 g/mol. The maximum atomic E-state index is 12.0. The maximum Gasteiger partial charge on any atom is 0.573 e. The van der Waals surface area contributed by atoms with Gasteiger partial charge in [-0.15, -0.1) is 13.2 Å². The Labute approximate surface area is 96.5 Å². The highest BCUT2D eigenvalue weighted by atomic mass is 79.9. The van der Waals surface area contributed by atoms with E-state index in [2.05, 4.69) is 20.7 Å². The fourth-order valence-electron chi connectivity index (χ4n) is 0.973. The highest BCUT2D eigenvalue weighted by Gasteiger charge is 2.33. The van der Waals surface area contributed by atoms with E-state index in [-0.39, 0.29) is 10.2 Å². The van der Waals surface area contributed by atoms with E-state index in [0.29, 0.717) is 0 Å². The van der Waals surface area contributed by atoms with E-state index in [1.54, 1.807) is 0 Å². The molecular weight excluding hydrogens is 293 g/mol. The number of benzene rings is 1. The van der Waals surface area contributed by atoms with E-state index in [1.165, 1.54) is 0 Å². The zero-order valence-corrected chi connectivity index (χ0v) is 9.22. The van der Waals surface area contributed by atoms with E-state index in [4.69, 9.17) is 11.5 Å². The highest BCUT2D eigenvalue weighted by molar-refractivity contribution is 9.10. The Hall–Kier alpha value is -1.44. The number of rotatable bonds is 2. The third kappa shape index (κ3) is 3.02. The molecule has 0 saturated heterocycles. The lowest BCUT2D eigenvalue weighted by molar-refractivity contribution is -0.274. The minimum atomic E-state index is -4.90. The molecular formula is C8H6BrF3N2O2. The molecule has 0 atom stereocenters. The van der Waals surface area contributed by atoms with Crippen LogP contribution in [0.3, 0.4) is 0 Å². The first-order valence-corrected chi connectivity index (χ1v) is 4.64. The number of hydrogen-bond donors (Lipinski definition) is 2. The van der Waals surface area contributed by atoms with Crippen LogP contribution in [0.25, 0.3) is 0 Å². The van der Waals surface area contributed by atoms with Gasteiger partial charge < -0.3 is 16.2 Å². The van der Waals surface area contributed by atoms with Crippen LogP contribution in [0.15, 0.2) is 16.6 Å². The fraction of sp³-hybridized carbons (Fsp3) is 0.125. The van der Waals surface area contributed by atoms with Gasteiger partial charge in [-0.1, -0.05) is 0 Å². The van der Waals surface area contributed by atoms with Crippen molar-refractivity contribution in [1.82, 2.24) is 0 Å². The van der Waals surface area contributed by atoms with Gasteiger partial charge >= 0.3 is 6.36 Å². The molecule has 0 radical (unpaired) electrons. The van der Waals surface area contributed by atoms with Crippen molar-refractivity contribution in [2.75, 3.05) is 5.73 Å². The molecule has 0 fully saturated rings. The van der Waals surface area contributed by atoms with Crippen LogP contribution < -0.4 is 16.2 Å². The van der Waals surface area contributed by atoms with Crippen LogP contribution in [0.4, 0.5) is 18.9 Å². The number of hydrogen-bond acceptors (Lipinski definition) is 3. The summed E-state index contributed by atoms with van der Waals surface area (Å²) in [4.78, 5) is 10.9. The Morgan fingerprint density at radius 3 is 2.38 bits per heavy atom. The summed E-state index contributed by atoms with van der Waals surface area (Å²) >= 11 is 2.91. The number of alkyl halides is 3. The third-order valence-electron chi connectivity index (χ3n) is 1.59. The largest absolute Gasteiger partial charge is 0.573 e. The van der Waals surface area contributed by atoms with Crippen LogP contribution in [-0.4, -0.2) is 12.3 Å². The highest BCUT2D eigenvalue weighted by Crippen LogP contribution is 2.32. The number of carbonyl (C=O) groups excluding carboxylic acids is 1. The minimum Gasteiger partial charge on any atom is -0.405 e. The molecule has 0 spiro atoms. The van der Waals surface area contributed by atoms with Gasteiger partial charge in [0, 0.05) is 10.2 Å². The molecule has 1 aromatic carbocycles. The number of ether oxygens (including phenoxy) is 1. The van der Waals surface area contributed by atoms with Crippen molar-refractivity contribution in [3.05, 3.63) is 22.2 Å². The molecule has 8 heteroatoms. The van der Waals surface area contributed by atoms with Crippen LogP contribution >= 0.6 is 15.9 Å². The molecule has 4 N–H and O–H groups in total. The molecule has 0 heterocycles. The van der Waals surface area contributed by atoms with Crippen LogP contribution in [0.2, 0.25) is 0 Å². The molecule has 16 heavy (non-hydrogen) atoms. The molecule has 0 unspecified atom stereocenters. The zero-order chi connectivity index (χ0) is 12.5. The molecule has 0 aromatic heterocycles. The quantitative estimate of drug-likeness (QED) is 0.820. The molecule has 0 aliphatic carbocycles. The zero-order valence-electron chi connectivity index (χ0n) is 7.64. The van der Waals surface area contributed by atoms with Crippen molar-refractivity contribution >= 4 is 27.5 Å². The van der Waals surface area contributed by atoms with Crippen LogP contribution in [0.1, 0.15) is 10.4 Å². The van der Waals surface area contributed by atoms with Gasteiger partial charge in [0.25, 0.3) is 5.91 Å². The number of halogens is 4. The summed E-state index contributed by atoms with van der Waals surface area (Å²) in [6.07, 6.45) is -4.90. The van der Waals surface area contributed by atoms with Crippen molar-refractivity contribution in [2.24, 2.45) is 5.73 Å².